The van der Waals surface area contributed by atoms with Crippen molar-refractivity contribution in [2.45, 2.75) is 46.6 Å². The van der Waals surface area contributed by atoms with Crippen LogP contribution in [-0.2, 0) is 16.1 Å². The molecule has 5 nitrogen and oxygen atoms in total. The topological polar surface area (TPSA) is 79.3 Å². The molecule has 0 aliphatic heterocycles. The average molecular weight is 278 g/mol. The minimum atomic E-state index is -0.968. The smallest absolute Gasteiger partial charge is 0.310 e. The minimum absolute atomic E-state index is 0.00114. The summed E-state index contributed by atoms with van der Waals surface area (Å²) >= 11 is 0. The van der Waals surface area contributed by atoms with Crippen LogP contribution in [0.3, 0.4) is 0 Å². The quantitative estimate of drug-likeness (QED) is 0.802. The number of carbonyl (C=O) groups excluding carboxylic acids is 1. The second-order valence-corrected chi connectivity index (χ2v) is 5.02. The van der Waals surface area contributed by atoms with E-state index < -0.39 is 11.4 Å². The lowest BCUT2D eigenvalue weighted by atomic mass is 9.79. The van der Waals surface area contributed by atoms with Gasteiger partial charge in [0.15, 0.2) is 0 Å². The van der Waals surface area contributed by atoms with Gasteiger partial charge in [0.05, 0.1) is 17.7 Å². The van der Waals surface area contributed by atoms with Gasteiger partial charge in [-0.1, -0.05) is 19.9 Å². The Balaban J connectivity index is 2.61. The molecule has 5 heteroatoms. The highest BCUT2D eigenvalue weighted by atomic mass is 16.4. The Bertz CT molecular complexity index is 482. The van der Waals surface area contributed by atoms with E-state index in [1.165, 1.54) is 0 Å². The van der Waals surface area contributed by atoms with Crippen molar-refractivity contribution < 1.29 is 14.7 Å². The third-order valence-corrected chi connectivity index (χ3v) is 3.72. The van der Waals surface area contributed by atoms with Gasteiger partial charge in [-0.3, -0.25) is 14.6 Å². The normalized spacial score (nSPS) is 11.2. The van der Waals surface area contributed by atoms with Crippen molar-refractivity contribution in [1.82, 2.24) is 10.3 Å². The molecule has 0 unspecified atom stereocenters. The van der Waals surface area contributed by atoms with E-state index in [0.717, 1.165) is 11.4 Å². The summed E-state index contributed by atoms with van der Waals surface area (Å²) in [5.74, 6) is -1.16. The van der Waals surface area contributed by atoms with Crippen LogP contribution in [0.15, 0.2) is 18.2 Å². The number of hydrogen-bond acceptors (Lipinski definition) is 3. The Kier molecular flexibility index (Phi) is 5.67. The third kappa shape index (κ3) is 4.05. The van der Waals surface area contributed by atoms with E-state index in [1.807, 2.05) is 25.1 Å². The fraction of sp³-hybridized carbons (Fsp3) is 0.533. The van der Waals surface area contributed by atoms with Crippen molar-refractivity contribution >= 4 is 11.9 Å². The summed E-state index contributed by atoms with van der Waals surface area (Å²) in [7, 11) is 0. The lowest BCUT2D eigenvalue weighted by molar-refractivity contribution is -0.152. The molecule has 1 heterocycles. The molecular weight excluding hydrogens is 256 g/mol. The Morgan fingerprint density at radius 3 is 2.45 bits per heavy atom. The molecule has 0 saturated carbocycles. The number of amides is 1. The van der Waals surface area contributed by atoms with Crippen molar-refractivity contribution in [1.29, 1.82) is 0 Å². The van der Waals surface area contributed by atoms with Crippen LogP contribution >= 0.6 is 0 Å². The molecule has 0 aliphatic rings. The van der Waals surface area contributed by atoms with Gasteiger partial charge >= 0.3 is 5.97 Å². The lowest BCUT2D eigenvalue weighted by Crippen LogP contribution is -2.36. The predicted molar refractivity (Wildman–Crippen MR) is 76.1 cm³/mol. The molecule has 0 aromatic carbocycles. The lowest BCUT2D eigenvalue weighted by Gasteiger charge is -2.25. The summed E-state index contributed by atoms with van der Waals surface area (Å²) in [5, 5.41) is 12.0. The number of aromatic nitrogens is 1. The Morgan fingerprint density at radius 2 is 1.95 bits per heavy atom. The van der Waals surface area contributed by atoms with Crippen LogP contribution in [0.25, 0.3) is 0 Å². The zero-order valence-electron chi connectivity index (χ0n) is 12.3. The molecule has 1 amide bonds. The van der Waals surface area contributed by atoms with E-state index in [0.29, 0.717) is 19.4 Å². The van der Waals surface area contributed by atoms with Crippen molar-refractivity contribution in [3.8, 4) is 0 Å². The molecule has 0 fully saturated rings. The highest BCUT2D eigenvalue weighted by Gasteiger charge is 2.36. The second kappa shape index (κ2) is 7.03. The summed E-state index contributed by atoms with van der Waals surface area (Å²) in [6, 6.07) is 5.59. The standard InChI is InChI=1S/C15H22N2O3/c1-4-15(5-2,14(19)20)9-13(18)16-10-12-8-6-7-11(3)17-12/h6-8H,4-5,9-10H2,1-3H3,(H,16,18)(H,19,20). The summed E-state index contributed by atoms with van der Waals surface area (Å²) < 4.78 is 0. The third-order valence-electron chi connectivity index (χ3n) is 3.72. The van der Waals surface area contributed by atoms with Crippen LogP contribution in [0.2, 0.25) is 0 Å². The van der Waals surface area contributed by atoms with Gasteiger partial charge in [0.25, 0.3) is 0 Å². The molecule has 0 saturated heterocycles. The molecular formula is C15H22N2O3. The molecule has 20 heavy (non-hydrogen) atoms. The van der Waals surface area contributed by atoms with Crippen molar-refractivity contribution in [2.24, 2.45) is 5.41 Å². The minimum Gasteiger partial charge on any atom is -0.481 e. The number of carboxylic acids is 1. The molecule has 0 bridgehead atoms. The monoisotopic (exact) mass is 278 g/mol. The number of rotatable bonds is 7. The van der Waals surface area contributed by atoms with Gasteiger partial charge < -0.3 is 10.4 Å². The number of nitrogens with zero attached hydrogens (tertiary/aromatic N) is 1. The SMILES string of the molecule is CCC(CC)(CC(=O)NCc1cccc(C)n1)C(=O)O. The first-order chi connectivity index (χ1) is 9.43. The van der Waals surface area contributed by atoms with Gasteiger partial charge in [-0.05, 0) is 31.9 Å². The molecule has 0 radical (unpaired) electrons. The van der Waals surface area contributed by atoms with Crippen LogP contribution in [-0.4, -0.2) is 22.0 Å². The highest BCUT2D eigenvalue weighted by Crippen LogP contribution is 2.30. The molecule has 1 aromatic rings. The van der Waals surface area contributed by atoms with Gasteiger partial charge in [0.1, 0.15) is 0 Å². The Morgan fingerprint density at radius 1 is 1.30 bits per heavy atom. The number of carboxylic acid groups (broad SMARTS) is 1. The van der Waals surface area contributed by atoms with Crippen LogP contribution in [0, 0.1) is 12.3 Å². The van der Waals surface area contributed by atoms with Crippen molar-refractivity contribution in [3.05, 3.63) is 29.6 Å². The molecule has 1 aromatic heterocycles. The first kappa shape index (κ1) is 16.1. The number of aryl methyl sites for hydroxylation is 1. The second-order valence-electron chi connectivity index (χ2n) is 5.02. The number of aliphatic carboxylic acids is 1. The Labute approximate surface area is 119 Å². The molecule has 2 N–H and O–H groups in total. The summed E-state index contributed by atoms with van der Waals surface area (Å²) in [5.41, 5.74) is 0.690. The van der Waals surface area contributed by atoms with E-state index in [4.69, 9.17) is 0 Å². The van der Waals surface area contributed by atoms with Crippen molar-refractivity contribution in [2.75, 3.05) is 0 Å². The molecule has 0 atom stereocenters. The first-order valence-electron chi connectivity index (χ1n) is 6.86. The van der Waals surface area contributed by atoms with E-state index in [1.54, 1.807) is 13.8 Å². The number of pyridine rings is 1. The van der Waals surface area contributed by atoms with Gasteiger partial charge in [-0.2, -0.15) is 0 Å². The van der Waals surface area contributed by atoms with E-state index in [-0.39, 0.29) is 12.3 Å². The number of hydrogen-bond donors (Lipinski definition) is 2. The maximum absolute atomic E-state index is 11.9. The van der Waals surface area contributed by atoms with Gasteiger partial charge in [0.2, 0.25) is 5.91 Å². The van der Waals surface area contributed by atoms with Crippen LogP contribution in [0.4, 0.5) is 0 Å². The predicted octanol–water partition coefficient (Wildman–Crippen LogP) is 2.29. The first-order valence-corrected chi connectivity index (χ1v) is 6.86. The summed E-state index contributed by atoms with van der Waals surface area (Å²) in [6.45, 7) is 5.80. The number of nitrogens with one attached hydrogen (secondary N) is 1. The summed E-state index contributed by atoms with van der Waals surface area (Å²) in [6.07, 6.45) is 0.880. The molecule has 110 valence electrons. The maximum atomic E-state index is 11.9. The maximum Gasteiger partial charge on any atom is 0.310 e. The Hall–Kier alpha value is -1.91. The molecule has 0 spiro atoms. The zero-order valence-corrected chi connectivity index (χ0v) is 12.3. The summed E-state index contributed by atoms with van der Waals surface area (Å²) in [4.78, 5) is 27.6. The number of carbonyl (C=O) groups is 2. The molecule has 1 rings (SSSR count). The van der Waals surface area contributed by atoms with E-state index >= 15 is 0 Å². The fourth-order valence-corrected chi connectivity index (χ4v) is 2.14. The van der Waals surface area contributed by atoms with E-state index in [2.05, 4.69) is 10.3 Å². The highest BCUT2D eigenvalue weighted by molar-refractivity contribution is 5.84. The van der Waals surface area contributed by atoms with Crippen LogP contribution < -0.4 is 5.32 Å². The van der Waals surface area contributed by atoms with Crippen LogP contribution in [0.5, 0.6) is 0 Å². The van der Waals surface area contributed by atoms with Crippen LogP contribution in [0.1, 0.15) is 44.5 Å². The molecule has 0 aliphatic carbocycles. The fourth-order valence-electron chi connectivity index (χ4n) is 2.14. The van der Waals surface area contributed by atoms with Gasteiger partial charge in [-0.15, -0.1) is 0 Å². The van der Waals surface area contributed by atoms with Crippen molar-refractivity contribution in [3.63, 3.8) is 0 Å². The van der Waals surface area contributed by atoms with Gasteiger partial charge in [-0.25, -0.2) is 0 Å². The van der Waals surface area contributed by atoms with Gasteiger partial charge in [0, 0.05) is 12.1 Å². The zero-order chi connectivity index (χ0) is 15.2. The largest absolute Gasteiger partial charge is 0.481 e. The average Bonchev–Trinajstić information content (AvgIpc) is 2.42. The van der Waals surface area contributed by atoms with E-state index in [9.17, 15) is 14.7 Å².